The Hall–Kier alpha value is -4.62. The minimum absolute atomic E-state index is 0.0692. The van der Waals surface area contributed by atoms with Gasteiger partial charge in [-0.3, -0.25) is 14.4 Å². The standard InChI is InChI=1S/C32H36F2N8O3/c1-3-31(43)39-25-16-26(38-30-17-24(35-20-36-30)21-5-4-6-27-22(15-21)19-37-40(27)2)29(45-32(33)34)18-28(25)42-11-9-41(10-12-42)23-7-13-44-14-8-23/h3-4,6,15-20,23,32H,1,5,7-14H2,2H3,(H,39,43)(H,35,36,38). The van der Waals surface area contributed by atoms with E-state index in [4.69, 9.17) is 9.47 Å². The van der Waals surface area contributed by atoms with Crippen molar-refractivity contribution in [2.75, 3.05) is 54.9 Å². The molecule has 0 radical (unpaired) electrons. The molecule has 4 heterocycles. The van der Waals surface area contributed by atoms with Crippen LogP contribution < -0.4 is 20.3 Å². The molecule has 1 aliphatic carbocycles. The van der Waals surface area contributed by atoms with Gasteiger partial charge in [-0.15, -0.1) is 0 Å². The predicted molar refractivity (Wildman–Crippen MR) is 170 cm³/mol. The van der Waals surface area contributed by atoms with E-state index in [2.05, 4.69) is 42.1 Å². The first-order valence-corrected chi connectivity index (χ1v) is 15.0. The van der Waals surface area contributed by atoms with Crippen LogP contribution in [0.4, 0.5) is 31.7 Å². The van der Waals surface area contributed by atoms with Crippen molar-refractivity contribution < 1.29 is 23.0 Å². The number of nitrogens with zero attached hydrogens (tertiary/aromatic N) is 6. The Kier molecular flexibility index (Phi) is 9.17. The number of hydrogen-bond acceptors (Lipinski definition) is 9. The zero-order valence-electron chi connectivity index (χ0n) is 25.1. The molecule has 0 atom stereocenters. The Morgan fingerprint density at radius 3 is 2.69 bits per heavy atom. The average Bonchev–Trinajstić information content (AvgIpc) is 3.25. The van der Waals surface area contributed by atoms with E-state index in [1.54, 1.807) is 29.1 Å². The van der Waals surface area contributed by atoms with E-state index in [1.807, 2.05) is 25.3 Å². The molecule has 2 aromatic heterocycles. The summed E-state index contributed by atoms with van der Waals surface area (Å²) in [7, 11) is 1.89. The topological polar surface area (TPSA) is 110 Å². The van der Waals surface area contributed by atoms with Crippen LogP contribution >= 0.6 is 0 Å². The van der Waals surface area contributed by atoms with E-state index in [1.165, 1.54) is 12.4 Å². The van der Waals surface area contributed by atoms with Crippen molar-refractivity contribution in [2.24, 2.45) is 7.05 Å². The first-order chi connectivity index (χ1) is 21.9. The quantitative estimate of drug-likeness (QED) is 0.323. The monoisotopic (exact) mass is 618 g/mol. The first-order valence-electron chi connectivity index (χ1n) is 15.0. The molecule has 11 nitrogen and oxygen atoms in total. The first kappa shape index (κ1) is 30.4. The van der Waals surface area contributed by atoms with Crippen LogP contribution in [0.1, 0.15) is 36.2 Å². The number of amides is 1. The van der Waals surface area contributed by atoms with Crippen molar-refractivity contribution >= 4 is 46.5 Å². The SMILES string of the molecule is C=CC(=O)Nc1cc(Nc2cc(C3=Cc4cnn(C)c4C=CC3)ncn2)c(OC(F)F)cc1N1CCN(C2CCOCC2)CC1. The van der Waals surface area contributed by atoms with Gasteiger partial charge in [-0.25, -0.2) is 9.97 Å². The van der Waals surface area contributed by atoms with Crippen LogP contribution in [0.2, 0.25) is 0 Å². The van der Waals surface area contributed by atoms with Crippen molar-refractivity contribution in [1.82, 2.24) is 24.6 Å². The number of ether oxygens (including phenoxy) is 2. The van der Waals surface area contributed by atoms with Gasteiger partial charge in [0.25, 0.3) is 0 Å². The van der Waals surface area contributed by atoms with Gasteiger partial charge < -0.3 is 25.0 Å². The second-order valence-corrected chi connectivity index (χ2v) is 11.1. The molecule has 0 saturated carbocycles. The van der Waals surface area contributed by atoms with Gasteiger partial charge in [0.15, 0.2) is 5.75 Å². The molecule has 236 valence electrons. The lowest BCUT2D eigenvalue weighted by molar-refractivity contribution is -0.111. The van der Waals surface area contributed by atoms with Gasteiger partial charge in [0.1, 0.15) is 12.1 Å². The summed E-state index contributed by atoms with van der Waals surface area (Å²) in [5.41, 5.74) is 4.82. The maximum absolute atomic E-state index is 13.7. The van der Waals surface area contributed by atoms with Gasteiger partial charge in [-0.05, 0) is 49.1 Å². The number of nitrogens with one attached hydrogen (secondary N) is 2. The van der Waals surface area contributed by atoms with Gasteiger partial charge in [0.05, 0.1) is 34.6 Å². The maximum atomic E-state index is 13.7. The number of aryl methyl sites for hydroxylation is 1. The number of benzene rings is 1. The third kappa shape index (κ3) is 7.04. The molecular formula is C32H36F2N8O3. The molecule has 2 saturated heterocycles. The van der Waals surface area contributed by atoms with E-state index in [-0.39, 0.29) is 11.4 Å². The summed E-state index contributed by atoms with van der Waals surface area (Å²) in [5, 5.41) is 10.3. The Bertz CT molecular complexity index is 1610. The van der Waals surface area contributed by atoms with E-state index >= 15 is 0 Å². The van der Waals surface area contributed by atoms with Gasteiger partial charge in [0.2, 0.25) is 5.91 Å². The van der Waals surface area contributed by atoms with Crippen molar-refractivity contribution in [3.05, 3.63) is 66.4 Å². The number of hydrogen-bond donors (Lipinski definition) is 2. The van der Waals surface area contributed by atoms with Gasteiger partial charge >= 0.3 is 6.61 Å². The molecule has 0 spiro atoms. The number of piperazine rings is 1. The lowest BCUT2D eigenvalue weighted by Gasteiger charge is -2.42. The smallest absolute Gasteiger partial charge is 0.387 e. The lowest BCUT2D eigenvalue weighted by atomic mass is 10.1. The Balaban J connectivity index is 1.29. The number of carbonyl (C=O) groups excluding carboxylic acids is 1. The largest absolute Gasteiger partial charge is 0.433 e. The van der Waals surface area contributed by atoms with Crippen LogP contribution in [0.5, 0.6) is 5.75 Å². The minimum Gasteiger partial charge on any atom is -0.433 e. The summed E-state index contributed by atoms with van der Waals surface area (Å²) in [5.74, 6) is -0.114. The summed E-state index contributed by atoms with van der Waals surface area (Å²) >= 11 is 0. The maximum Gasteiger partial charge on any atom is 0.387 e. The summed E-state index contributed by atoms with van der Waals surface area (Å²) in [6.45, 7) is 4.97. The van der Waals surface area contributed by atoms with E-state index in [9.17, 15) is 13.6 Å². The summed E-state index contributed by atoms with van der Waals surface area (Å²) < 4.78 is 39.7. The van der Waals surface area contributed by atoms with Crippen LogP contribution in [0.15, 0.2) is 49.5 Å². The van der Waals surface area contributed by atoms with Crippen LogP contribution in [0.3, 0.4) is 0 Å². The molecule has 1 aromatic carbocycles. The molecule has 2 N–H and O–H groups in total. The highest BCUT2D eigenvalue weighted by atomic mass is 19.3. The second kappa shape index (κ2) is 13.6. The molecule has 1 amide bonds. The molecule has 0 bridgehead atoms. The van der Waals surface area contributed by atoms with Gasteiger partial charge in [0, 0.05) is 70.2 Å². The average molecular weight is 619 g/mol. The molecule has 45 heavy (non-hydrogen) atoms. The zero-order chi connectivity index (χ0) is 31.3. The third-order valence-corrected chi connectivity index (χ3v) is 8.34. The molecule has 2 aliphatic heterocycles. The normalized spacial score (nSPS) is 17.4. The minimum atomic E-state index is -3.06. The Labute approximate surface area is 260 Å². The molecule has 2 fully saturated rings. The van der Waals surface area contributed by atoms with E-state index in [0.717, 1.165) is 56.0 Å². The van der Waals surface area contributed by atoms with Crippen LogP contribution in [0, 0.1) is 0 Å². The number of halogens is 2. The lowest BCUT2D eigenvalue weighted by Crippen LogP contribution is -2.51. The zero-order valence-corrected chi connectivity index (χ0v) is 25.1. The molecule has 6 rings (SSSR count). The number of fused-ring (bicyclic) bond motifs is 1. The number of alkyl halides is 2. The summed E-state index contributed by atoms with van der Waals surface area (Å²) in [6, 6.07) is 5.36. The predicted octanol–water partition coefficient (Wildman–Crippen LogP) is 4.94. The molecular weight excluding hydrogens is 582 g/mol. The van der Waals surface area contributed by atoms with Crippen molar-refractivity contribution in [2.45, 2.75) is 31.9 Å². The van der Waals surface area contributed by atoms with Gasteiger partial charge in [-0.2, -0.15) is 13.9 Å². The van der Waals surface area contributed by atoms with E-state index in [0.29, 0.717) is 48.4 Å². The van der Waals surface area contributed by atoms with E-state index < -0.39 is 12.5 Å². The number of rotatable bonds is 9. The summed E-state index contributed by atoms with van der Waals surface area (Å²) in [4.78, 5) is 25.8. The fourth-order valence-corrected chi connectivity index (χ4v) is 6.03. The Morgan fingerprint density at radius 2 is 1.93 bits per heavy atom. The number of aromatic nitrogens is 4. The highest BCUT2D eigenvalue weighted by molar-refractivity contribution is 6.02. The second-order valence-electron chi connectivity index (χ2n) is 11.1. The highest BCUT2D eigenvalue weighted by Gasteiger charge is 2.28. The fourth-order valence-electron chi connectivity index (χ4n) is 6.03. The van der Waals surface area contributed by atoms with Crippen molar-refractivity contribution in [3.63, 3.8) is 0 Å². The van der Waals surface area contributed by atoms with Crippen LogP contribution in [0.25, 0.3) is 17.7 Å². The molecule has 0 unspecified atom stereocenters. The highest BCUT2D eigenvalue weighted by Crippen LogP contribution is 2.40. The molecule has 3 aliphatic rings. The number of allylic oxidation sites excluding steroid dienone is 2. The van der Waals surface area contributed by atoms with Crippen molar-refractivity contribution in [1.29, 1.82) is 0 Å². The molecule has 3 aromatic rings. The Morgan fingerprint density at radius 1 is 1.13 bits per heavy atom. The van der Waals surface area contributed by atoms with Crippen molar-refractivity contribution in [3.8, 4) is 5.75 Å². The fraction of sp³-hybridized carbons (Fsp3) is 0.375. The van der Waals surface area contributed by atoms with Crippen LogP contribution in [-0.2, 0) is 16.6 Å². The third-order valence-electron chi connectivity index (χ3n) is 8.34. The molecule has 13 heteroatoms. The number of carbonyl (C=O) groups is 1. The van der Waals surface area contributed by atoms with Gasteiger partial charge in [-0.1, -0.05) is 12.7 Å². The van der Waals surface area contributed by atoms with Crippen LogP contribution in [-0.4, -0.2) is 82.6 Å². The number of anilines is 4. The summed E-state index contributed by atoms with van der Waals surface area (Å²) in [6.07, 6.45) is 13.1.